The van der Waals surface area contributed by atoms with E-state index in [4.69, 9.17) is 4.74 Å². The molecule has 1 saturated carbocycles. The van der Waals surface area contributed by atoms with Crippen LogP contribution < -0.4 is 5.32 Å². The summed E-state index contributed by atoms with van der Waals surface area (Å²) in [7, 11) is 0. The minimum absolute atomic E-state index is 0.210. The Labute approximate surface area is 169 Å². The van der Waals surface area contributed by atoms with Crippen LogP contribution in [0.3, 0.4) is 0 Å². The zero-order chi connectivity index (χ0) is 19.0. The van der Waals surface area contributed by atoms with Gasteiger partial charge in [-0.25, -0.2) is 0 Å². The first-order chi connectivity index (χ1) is 13.0. The molecule has 8 unspecified atom stereocenters. The molecule has 0 bridgehead atoms. The quantitative estimate of drug-likeness (QED) is 0.785. The fourth-order valence-electron chi connectivity index (χ4n) is 6.25. The molecule has 4 aliphatic rings. The molecular formula is C22H38N2O2S. The van der Waals surface area contributed by atoms with Crippen molar-refractivity contribution >= 4 is 17.7 Å². The highest BCUT2D eigenvalue weighted by atomic mass is 32.2. The molecule has 8 atom stereocenters. The lowest BCUT2D eigenvalue weighted by Gasteiger charge is -2.38. The maximum absolute atomic E-state index is 13.7. The van der Waals surface area contributed by atoms with Gasteiger partial charge < -0.3 is 9.64 Å². The van der Waals surface area contributed by atoms with Crippen LogP contribution in [0.4, 0.5) is 0 Å². The Bertz CT molecular complexity index is 518. The SMILES string of the molecule is CC1CC(C)C2C(C1)OC(C(=O)N(CC1CCCS1)C1CCCCN1)C2C. The maximum Gasteiger partial charge on any atom is 0.253 e. The number of hydrogen-bond acceptors (Lipinski definition) is 4. The van der Waals surface area contributed by atoms with Crippen molar-refractivity contribution in [3.05, 3.63) is 0 Å². The van der Waals surface area contributed by atoms with Gasteiger partial charge in [0.05, 0.1) is 12.3 Å². The van der Waals surface area contributed by atoms with Crippen LogP contribution in [0.25, 0.3) is 0 Å². The fraction of sp³-hybridized carbons (Fsp3) is 0.955. The molecule has 1 aliphatic carbocycles. The predicted octanol–water partition coefficient (Wildman–Crippen LogP) is 3.90. The Morgan fingerprint density at radius 1 is 1.15 bits per heavy atom. The van der Waals surface area contributed by atoms with Gasteiger partial charge in [-0.1, -0.05) is 20.8 Å². The topological polar surface area (TPSA) is 41.6 Å². The number of piperidine rings is 1. The van der Waals surface area contributed by atoms with Gasteiger partial charge in [-0.3, -0.25) is 10.1 Å². The molecule has 0 aromatic rings. The molecule has 154 valence electrons. The van der Waals surface area contributed by atoms with Gasteiger partial charge in [-0.05, 0) is 80.9 Å². The summed E-state index contributed by atoms with van der Waals surface area (Å²) in [4.78, 5) is 15.9. The number of hydrogen-bond donors (Lipinski definition) is 1. The number of ether oxygens (including phenoxy) is 1. The lowest BCUT2D eigenvalue weighted by atomic mass is 9.69. The Hall–Kier alpha value is -0.260. The second-order valence-electron chi connectivity index (χ2n) is 9.68. The summed E-state index contributed by atoms with van der Waals surface area (Å²) >= 11 is 2.05. The van der Waals surface area contributed by atoms with Gasteiger partial charge in [-0.2, -0.15) is 11.8 Å². The molecule has 27 heavy (non-hydrogen) atoms. The maximum atomic E-state index is 13.7. The first-order valence-corrected chi connectivity index (χ1v) is 12.4. The summed E-state index contributed by atoms with van der Waals surface area (Å²) in [5, 5.41) is 4.24. The lowest BCUT2D eigenvalue weighted by Crippen LogP contribution is -2.56. The zero-order valence-corrected chi connectivity index (χ0v) is 18.2. The molecule has 0 spiro atoms. The van der Waals surface area contributed by atoms with Gasteiger partial charge in [0, 0.05) is 11.8 Å². The smallest absolute Gasteiger partial charge is 0.253 e. The van der Waals surface area contributed by atoms with E-state index in [1.165, 1.54) is 37.9 Å². The molecule has 4 rings (SSSR count). The van der Waals surface area contributed by atoms with Crippen LogP contribution >= 0.6 is 11.8 Å². The van der Waals surface area contributed by atoms with Crippen LogP contribution in [-0.4, -0.2) is 53.3 Å². The average molecular weight is 395 g/mol. The Balaban J connectivity index is 1.49. The number of rotatable bonds is 4. The standard InChI is InChI=1S/C22H38N2O2S/c1-14-11-15(2)20-16(3)21(26-18(20)12-14)22(25)24(13-17-7-6-10-27-17)19-8-4-5-9-23-19/h14-21,23H,4-13H2,1-3H3. The van der Waals surface area contributed by atoms with Crippen molar-refractivity contribution < 1.29 is 9.53 Å². The third-order valence-electron chi connectivity index (χ3n) is 7.51. The van der Waals surface area contributed by atoms with E-state index in [0.29, 0.717) is 28.9 Å². The minimum Gasteiger partial charge on any atom is -0.365 e. The van der Waals surface area contributed by atoms with Crippen LogP contribution in [0.1, 0.15) is 65.7 Å². The molecule has 0 aromatic carbocycles. The highest BCUT2D eigenvalue weighted by Gasteiger charge is 2.51. The van der Waals surface area contributed by atoms with Gasteiger partial charge in [0.2, 0.25) is 0 Å². The third-order valence-corrected chi connectivity index (χ3v) is 8.89. The molecule has 3 saturated heterocycles. The predicted molar refractivity (Wildman–Crippen MR) is 112 cm³/mol. The summed E-state index contributed by atoms with van der Waals surface area (Å²) in [6.45, 7) is 8.92. The van der Waals surface area contributed by atoms with Crippen LogP contribution in [0.5, 0.6) is 0 Å². The first kappa shape index (κ1) is 20.0. The van der Waals surface area contributed by atoms with Crippen molar-refractivity contribution in [3.63, 3.8) is 0 Å². The van der Waals surface area contributed by atoms with Gasteiger partial charge in [0.25, 0.3) is 5.91 Å². The zero-order valence-electron chi connectivity index (χ0n) is 17.4. The van der Waals surface area contributed by atoms with Crippen molar-refractivity contribution in [1.82, 2.24) is 10.2 Å². The molecule has 3 heterocycles. The van der Waals surface area contributed by atoms with Gasteiger partial charge >= 0.3 is 0 Å². The molecule has 4 nitrogen and oxygen atoms in total. The number of fused-ring (bicyclic) bond motifs is 1. The van der Waals surface area contributed by atoms with Crippen LogP contribution in [0, 0.1) is 23.7 Å². The molecule has 1 N–H and O–H groups in total. The molecule has 4 fully saturated rings. The average Bonchev–Trinajstić information content (AvgIpc) is 3.27. The second-order valence-corrected chi connectivity index (χ2v) is 11.1. The summed E-state index contributed by atoms with van der Waals surface area (Å²) in [6, 6.07) is 0. The van der Waals surface area contributed by atoms with Crippen molar-refractivity contribution in [2.75, 3.05) is 18.8 Å². The number of carbonyl (C=O) groups excluding carboxylic acids is 1. The van der Waals surface area contributed by atoms with Gasteiger partial charge in [-0.15, -0.1) is 0 Å². The Morgan fingerprint density at radius 2 is 2.00 bits per heavy atom. The summed E-state index contributed by atoms with van der Waals surface area (Å²) < 4.78 is 6.49. The van der Waals surface area contributed by atoms with Crippen LogP contribution in [0.2, 0.25) is 0 Å². The molecule has 1 amide bonds. The van der Waals surface area contributed by atoms with E-state index in [2.05, 4.69) is 42.7 Å². The molecule has 5 heteroatoms. The van der Waals surface area contributed by atoms with Crippen molar-refractivity contribution in [2.45, 2.75) is 89.3 Å². The number of carbonyl (C=O) groups is 1. The summed E-state index contributed by atoms with van der Waals surface area (Å²) in [5.74, 6) is 3.79. The number of thioether (sulfide) groups is 1. The molecule has 0 aromatic heterocycles. The number of nitrogens with one attached hydrogen (secondary N) is 1. The van der Waals surface area contributed by atoms with E-state index in [0.717, 1.165) is 25.9 Å². The van der Waals surface area contributed by atoms with Crippen LogP contribution in [-0.2, 0) is 9.53 Å². The van der Waals surface area contributed by atoms with Gasteiger partial charge in [0.15, 0.2) is 0 Å². The minimum atomic E-state index is -0.233. The number of amides is 1. The Kier molecular flexibility index (Phi) is 6.40. The van der Waals surface area contributed by atoms with E-state index in [9.17, 15) is 4.79 Å². The van der Waals surface area contributed by atoms with Crippen LogP contribution in [0.15, 0.2) is 0 Å². The Morgan fingerprint density at radius 3 is 2.70 bits per heavy atom. The summed E-state index contributed by atoms with van der Waals surface area (Å²) in [6.07, 6.45) is 8.76. The molecule has 3 aliphatic heterocycles. The highest BCUT2D eigenvalue weighted by Crippen LogP contribution is 2.47. The second kappa shape index (κ2) is 8.62. The van der Waals surface area contributed by atoms with Crippen molar-refractivity contribution in [3.8, 4) is 0 Å². The number of nitrogens with zero attached hydrogens (tertiary/aromatic N) is 1. The highest BCUT2D eigenvalue weighted by molar-refractivity contribution is 8.00. The van der Waals surface area contributed by atoms with Crippen molar-refractivity contribution in [1.29, 1.82) is 0 Å². The largest absolute Gasteiger partial charge is 0.365 e. The van der Waals surface area contributed by atoms with E-state index in [1.807, 2.05) is 0 Å². The van der Waals surface area contributed by atoms with E-state index in [-0.39, 0.29) is 24.3 Å². The van der Waals surface area contributed by atoms with E-state index >= 15 is 0 Å². The summed E-state index contributed by atoms with van der Waals surface area (Å²) in [5.41, 5.74) is 0. The first-order valence-electron chi connectivity index (χ1n) is 11.4. The van der Waals surface area contributed by atoms with Crippen molar-refractivity contribution in [2.24, 2.45) is 23.7 Å². The van der Waals surface area contributed by atoms with E-state index in [1.54, 1.807) is 0 Å². The normalized spacial score (nSPS) is 44.9. The third kappa shape index (κ3) is 4.20. The lowest BCUT2D eigenvalue weighted by molar-refractivity contribution is -0.148. The van der Waals surface area contributed by atoms with E-state index < -0.39 is 0 Å². The molecule has 0 radical (unpaired) electrons. The monoisotopic (exact) mass is 394 g/mol. The van der Waals surface area contributed by atoms with Gasteiger partial charge in [0.1, 0.15) is 6.10 Å². The fourth-order valence-corrected chi connectivity index (χ4v) is 7.52. The molecular weight excluding hydrogens is 356 g/mol.